The van der Waals surface area contributed by atoms with Crippen molar-refractivity contribution >= 4 is 0 Å². The molecule has 0 saturated heterocycles. The fourth-order valence-corrected chi connectivity index (χ4v) is 0.910. The summed E-state index contributed by atoms with van der Waals surface area (Å²) >= 11 is 0. The maximum atomic E-state index is 3.10. The zero-order chi connectivity index (χ0) is 10.1. The van der Waals surface area contributed by atoms with Gasteiger partial charge in [0.25, 0.3) is 0 Å². The van der Waals surface area contributed by atoms with Gasteiger partial charge in [0, 0.05) is 6.54 Å². The highest BCUT2D eigenvalue weighted by molar-refractivity contribution is 5.20. The molecule has 0 aromatic heterocycles. The molecule has 0 unspecified atom stereocenters. The summed E-state index contributed by atoms with van der Waals surface area (Å²) in [6.07, 6.45) is 0. The van der Waals surface area contributed by atoms with Crippen LogP contribution in [-0.2, 0) is 6.54 Å². The first-order chi connectivity index (χ1) is 6.24. The van der Waals surface area contributed by atoms with E-state index < -0.39 is 0 Å². The van der Waals surface area contributed by atoms with Crippen LogP contribution in [0.5, 0.6) is 0 Å². The summed E-state index contributed by atoms with van der Waals surface area (Å²) in [7, 11) is 5.71. The summed E-state index contributed by atoms with van der Waals surface area (Å²) in [5.74, 6) is 0. The molecule has 0 fully saturated rings. The molecule has 0 atom stereocenters. The lowest BCUT2D eigenvalue weighted by molar-refractivity contribution is 0.817. The summed E-state index contributed by atoms with van der Waals surface area (Å²) in [4.78, 5) is 0. The first-order valence-corrected chi connectivity index (χ1v) is 4.53. The van der Waals surface area contributed by atoms with Crippen LogP contribution in [0.25, 0.3) is 0 Å². The Labute approximate surface area is 81.4 Å². The third kappa shape index (κ3) is 6.31. The molecule has 0 spiro atoms. The van der Waals surface area contributed by atoms with E-state index in [-0.39, 0.29) is 0 Å². The Morgan fingerprint density at radius 3 is 1.85 bits per heavy atom. The van der Waals surface area contributed by atoms with E-state index in [0.717, 1.165) is 6.54 Å². The molecule has 2 heteroatoms. The lowest BCUT2D eigenvalue weighted by atomic mass is 10.1. The molecule has 0 amide bonds. The highest BCUT2D eigenvalue weighted by Crippen LogP contribution is 2.01. The van der Waals surface area contributed by atoms with E-state index in [1.165, 1.54) is 11.1 Å². The minimum Gasteiger partial charge on any atom is -0.323 e. The minimum atomic E-state index is 0.959. The summed E-state index contributed by atoms with van der Waals surface area (Å²) in [5, 5.41) is 5.85. The number of rotatable bonds is 2. The summed E-state index contributed by atoms with van der Waals surface area (Å²) in [6.45, 7) is 3.06. The van der Waals surface area contributed by atoms with E-state index in [1.54, 1.807) is 0 Å². The fourth-order valence-electron chi connectivity index (χ4n) is 0.910. The third-order valence-corrected chi connectivity index (χ3v) is 1.50. The number of hydrogen-bond acceptors (Lipinski definition) is 2. The molecule has 2 nitrogen and oxygen atoms in total. The maximum Gasteiger partial charge on any atom is 0.0202 e. The Morgan fingerprint density at radius 1 is 1.00 bits per heavy atom. The van der Waals surface area contributed by atoms with Crippen molar-refractivity contribution in [1.29, 1.82) is 0 Å². The van der Waals surface area contributed by atoms with E-state index in [0.29, 0.717) is 0 Å². The highest BCUT2D eigenvalue weighted by atomic mass is 14.8. The number of hydrogen-bond donors (Lipinski definition) is 2. The second kappa shape index (κ2) is 7.77. The van der Waals surface area contributed by atoms with Gasteiger partial charge in [-0.05, 0) is 33.6 Å². The smallest absolute Gasteiger partial charge is 0.0202 e. The van der Waals surface area contributed by atoms with Gasteiger partial charge in [-0.2, -0.15) is 0 Å². The van der Waals surface area contributed by atoms with Crippen LogP contribution in [0.15, 0.2) is 24.3 Å². The zero-order valence-corrected chi connectivity index (χ0v) is 9.02. The topological polar surface area (TPSA) is 24.1 Å². The Hall–Kier alpha value is -0.860. The van der Waals surface area contributed by atoms with Gasteiger partial charge in [0.1, 0.15) is 0 Å². The van der Waals surface area contributed by atoms with Crippen LogP contribution in [0.1, 0.15) is 11.1 Å². The molecule has 2 N–H and O–H groups in total. The van der Waals surface area contributed by atoms with E-state index >= 15 is 0 Å². The molecule has 0 heterocycles. The average Bonchev–Trinajstić information content (AvgIpc) is 2.11. The first kappa shape index (κ1) is 12.1. The summed E-state index contributed by atoms with van der Waals surface area (Å²) in [5.41, 5.74) is 2.66. The van der Waals surface area contributed by atoms with Crippen molar-refractivity contribution in [3.63, 3.8) is 0 Å². The number of nitrogens with one attached hydrogen (secondary N) is 2. The predicted molar refractivity (Wildman–Crippen MR) is 58.9 cm³/mol. The van der Waals surface area contributed by atoms with Gasteiger partial charge in [0.05, 0.1) is 0 Å². The predicted octanol–water partition coefficient (Wildman–Crippen LogP) is 1.55. The second-order valence-corrected chi connectivity index (χ2v) is 3.02. The third-order valence-electron chi connectivity index (χ3n) is 1.50. The average molecular weight is 180 g/mol. The molecule has 13 heavy (non-hydrogen) atoms. The van der Waals surface area contributed by atoms with Crippen LogP contribution in [0, 0.1) is 6.92 Å². The Balaban J connectivity index is 0.000000424. The SMILES string of the molecule is CNC.CNCc1ccc(C)cc1. The van der Waals surface area contributed by atoms with Crippen LogP contribution in [0.2, 0.25) is 0 Å². The highest BCUT2D eigenvalue weighted by Gasteiger charge is 1.87. The molecular weight excluding hydrogens is 160 g/mol. The van der Waals surface area contributed by atoms with Crippen molar-refractivity contribution in [2.24, 2.45) is 0 Å². The van der Waals surface area contributed by atoms with Crippen LogP contribution >= 0.6 is 0 Å². The van der Waals surface area contributed by atoms with Crippen molar-refractivity contribution < 1.29 is 0 Å². The molecule has 0 saturated carbocycles. The van der Waals surface area contributed by atoms with Gasteiger partial charge in [-0.1, -0.05) is 29.8 Å². The van der Waals surface area contributed by atoms with Gasteiger partial charge < -0.3 is 10.6 Å². The molecule has 0 aliphatic heterocycles. The quantitative estimate of drug-likeness (QED) is 0.721. The van der Waals surface area contributed by atoms with Gasteiger partial charge >= 0.3 is 0 Å². The normalized spacial score (nSPS) is 8.92. The molecule has 74 valence electrons. The molecule has 1 aromatic rings. The van der Waals surface area contributed by atoms with Gasteiger partial charge in [0.2, 0.25) is 0 Å². The summed E-state index contributed by atoms with van der Waals surface area (Å²) < 4.78 is 0. The molecule has 0 aliphatic carbocycles. The van der Waals surface area contributed by atoms with Crippen molar-refractivity contribution in [2.75, 3.05) is 21.1 Å². The Morgan fingerprint density at radius 2 is 1.46 bits per heavy atom. The van der Waals surface area contributed by atoms with Gasteiger partial charge in [-0.3, -0.25) is 0 Å². The van der Waals surface area contributed by atoms with Gasteiger partial charge in [-0.25, -0.2) is 0 Å². The second-order valence-electron chi connectivity index (χ2n) is 3.02. The molecule has 0 bridgehead atoms. The number of aryl methyl sites for hydroxylation is 1. The molecule has 1 aromatic carbocycles. The molecular formula is C11H20N2. The lowest BCUT2D eigenvalue weighted by Crippen LogP contribution is -2.04. The summed E-state index contributed by atoms with van der Waals surface area (Å²) in [6, 6.07) is 8.55. The van der Waals surface area contributed by atoms with Gasteiger partial charge in [0.15, 0.2) is 0 Å². The Kier molecular flexibility index (Phi) is 7.26. The van der Waals surface area contributed by atoms with E-state index in [4.69, 9.17) is 0 Å². The Bertz CT molecular complexity index is 204. The van der Waals surface area contributed by atoms with E-state index in [2.05, 4.69) is 41.8 Å². The van der Waals surface area contributed by atoms with E-state index in [1.807, 2.05) is 21.1 Å². The fraction of sp³-hybridized carbons (Fsp3) is 0.455. The minimum absolute atomic E-state index is 0.959. The first-order valence-electron chi connectivity index (χ1n) is 4.53. The lowest BCUT2D eigenvalue weighted by Gasteiger charge is -1.98. The molecule has 0 aliphatic rings. The van der Waals surface area contributed by atoms with Crippen molar-refractivity contribution in [3.05, 3.63) is 35.4 Å². The van der Waals surface area contributed by atoms with Crippen LogP contribution < -0.4 is 10.6 Å². The molecule has 0 radical (unpaired) electrons. The van der Waals surface area contributed by atoms with Crippen LogP contribution in [0.3, 0.4) is 0 Å². The standard InChI is InChI=1S/C9H13N.C2H7N/c1-8-3-5-9(6-4-8)7-10-2;1-3-2/h3-6,10H,7H2,1-2H3;3H,1-2H3. The molecule has 1 rings (SSSR count). The van der Waals surface area contributed by atoms with Crippen molar-refractivity contribution in [1.82, 2.24) is 10.6 Å². The maximum absolute atomic E-state index is 3.10. The zero-order valence-electron chi connectivity index (χ0n) is 9.02. The van der Waals surface area contributed by atoms with Crippen LogP contribution in [0.4, 0.5) is 0 Å². The van der Waals surface area contributed by atoms with Crippen molar-refractivity contribution in [3.8, 4) is 0 Å². The van der Waals surface area contributed by atoms with Crippen LogP contribution in [-0.4, -0.2) is 21.1 Å². The van der Waals surface area contributed by atoms with Gasteiger partial charge in [-0.15, -0.1) is 0 Å². The number of benzene rings is 1. The van der Waals surface area contributed by atoms with Crippen molar-refractivity contribution in [2.45, 2.75) is 13.5 Å². The van der Waals surface area contributed by atoms with E-state index in [9.17, 15) is 0 Å². The monoisotopic (exact) mass is 180 g/mol. The largest absolute Gasteiger partial charge is 0.323 e.